The lowest BCUT2D eigenvalue weighted by molar-refractivity contribution is -0.940. The number of quaternary nitrogens is 1. The lowest BCUT2D eigenvalue weighted by Crippen LogP contribution is -3.17. The maximum absolute atomic E-state index is 12.1. The quantitative estimate of drug-likeness (QED) is 0.495. The summed E-state index contributed by atoms with van der Waals surface area (Å²) < 4.78 is 73.2. The van der Waals surface area contributed by atoms with Crippen LogP contribution in [0.25, 0.3) is 0 Å². The van der Waals surface area contributed by atoms with Gasteiger partial charge in [0.05, 0.1) is 29.2 Å². The first-order valence-electron chi connectivity index (χ1n) is 10.5. The van der Waals surface area contributed by atoms with Crippen LogP contribution in [0.3, 0.4) is 0 Å². The van der Waals surface area contributed by atoms with Crippen molar-refractivity contribution in [1.82, 2.24) is 0 Å². The van der Waals surface area contributed by atoms with Gasteiger partial charge in [0.2, 0.25) is 0 Å². The summed E-state index contributed by atoms with van der Waals surface area (Å²) in [6.45, 7) is 12.6. The molecule has 190 valence electrons. The lowest BCUT2D eigenvalue weighted by atomic mass is 10.2. The number of nitrogens with one attached hydrogen (secondary N) is 3. The van der Waals surface area contributed by atoms with Crippen LogP contribution in [0.1, 0.15) is 34.6 Å². The molecule has 0 aliphatic rings. The van der Waals surface area contributed by atoms with Gasteiger partial charge in [0, 0.05) is 5.69 Å². The highest BCUT2D eigenvalue weighted by atomic mass is 32.2. The minimum Gasteiger partial charge on any atom is -0.744 e. The zero-order valence-corrected chi connectivity index (χ0v) is 20.4. The zero-order valence-electron chi connectivity index (χ0n) is 19.6. The van der Waals surface area contributed by atoms with Gasteiger partial charge >= 0.3 is 12.4 Å². The first-order valence-corrected chi connectivity index (χ1v) is 11.9. The summed E-state index contributed by atoms with van der Waals surface area (Å²) in [5.74, 6) is -0.471. The normalized spacial score (nSPS) is 11.8. The molecule has 2 amide bonds. The summed E-state index contributed by atoms with van der Waals surface area (Å²) in [5, 5.41) is 4.45. The van der Waals surface area contributed by atoms with E-state index in [1.807, 2.05) is 0 Å². The van der Waals surface area contributed by atoms with Crippen molar-refractivity contribution in [1.29, 1.82) is 0 Å². The average molecular weight is 506 g/mol. The van der Waals surface area contributed by atoms with Crippen LogP contribution in [-0.4, -0.2) is 44.0 Å². The molecule has 0 spiro atoms. The Kier molecular flexibility index (Phi) is 10.8. The Labute approximate surface area is 197 Å². The van der Waals surface area contributed by atoms with Crippen molar-refractivity contribution in [3.05, 3.63) is 48.5 Å². The molecule has 0 aliphatic carbocycles. The Morgan fingerprint density at radius 3 is 1.94 bits per heavy atom. The molecule has 8 nitrogen and oxygen atoms in total. The number of urea groups is 1. The van der Waals surface area contributed by atoms with Crippen molar-refractivity contribution in [3.63, 3.8) is 0 Å². The molecule has 0 atom stereocenters. The first kappa shape index (κ1) is 29.2. The van der Waals surface area contributed by atoms with Crippen molar-refractivity contribution in [2.24, 2.45) is 0 Å². The van der Waals surface area contributed by atoms with E-state index in [1.54, 1.807) is 4.90 Å². The molecule has 2 rings (SSSR count). The second kappa shape index (κ2) is 12.6. The van der Waals surface area contributed by atoms with E-state index >= 15 is 0 Å². The van der Waals surface area contributed by atoms with Gasteiger partial charge in [-0.3, -0.25) is 0 Å². The van der Waals surface area contributed by atoms with Crippen molar-refractivity contribution in [3.8, 4) is 5.75 Å². The van der Waals surface area contributed by atoms with Gasteiger partial charge in [0.1, 0.15) is 15.9 Å². The molecule has 12 heteroatoms. The number of alkyl halides is 3. The number of halogens is 3. The van der Waals surface area contributed by atoms with E-state index < -0.39 is 33.2 Å². The number of carbonyl (C=O) groups excluding carboxylic acids is 1. The fourth-order valence-electron chi connectivity index (χ4n) is 3.30. The third-order valence-electron chi connectivity index (χ3n) is 4.64. The molecular weight excluding hydrogens is 475 g/mol. The highest BCUT2D eigenvalue weighted by Crippen LogP contribution is 2.24. The Balaban J connectivity index is 0.000000546. The van der Waals surface area contributed by atoms with Crippen LogP contribution < -0.4 is 20.3 Å². The minimum absolute atomic E-state index is 0.120. The number of hydrogen-bond donors (Lipinski definition) is 3. The largest absolute Gasteiger partial charge is 0.744 e. The molecule has 3 N–H and O–H groups in total. The molecule has 0 saturated heterocycles. The van der Waals surface area contributed by atoms with E-state index in [9.17, 15) is 30.9 Å². The number of amides is 2. The summed E-state index contributed by atoms with van der Waals surface area (Å²) in [5.41, 5.74) is -0.110. The van der Waals surface area contributed by atoms with Gasteiger partial charge in [-0.05, 0) is 71.0 Å². The standard InChI is InChI=1S/C14H11F3N2O5S.C8H19N/c15-14(16,17)24-10-7-5-9(6-8-10)18-13(20)19-11-3-1-2-4-12(11)25(21,22)23;1-6-9(7(2)3)8(4)5/h1-8H,(H2,18,19,20)(H,21,22,23);7-8H,6H2,1-5H3. The lowest BCUT2D eigenvalue weighted by Gasteiger charge is -2.25. The van der Waals surface area contributed by atoms with Crippen molar-refractivity contribution < 1.29 is 40.6 Å². The van der Waals surface area contributed by atoms with E-state index in [2.05, 4.69) is 50.0 Å². The maximum atomic E-state index is 12.1. The minimum atomic E-state index is -4.83. The number of hydrogen-bond acceptors (Lipinski definition) is 5. The van der Waals surface area contributed by atoms with E-state index in [1.165, 1.54) is 24.7 Å². The molecular formula is C22H30F3N3O5S. The summed E-state index contributed by atoms with van der Waals surface area (Å²) in [7, 11) is -4.79. The van der Waals surface area contributed by atoms with E-state index in [0.717, 1.165) is 42.4 Å². The predicted octanol–water partition coefficient (Wildman–Crippen LogP) is 3.84. The van der Waals surface area contributed by atoms with Crippen LogP contribution >= 0.6 is 0 Å². The van der Waals surface area contributed by atoms with Crippen molar-refractivity contribution in [2.75, 3.05) is 17.2 Å². The molecule has 0 aliphatic heterocycles. The summed E-state index contributed by atoms with van der Waals surface area (Å²) >= 11 is 0. The Hall–Kier alpha value is -2.83. The highest BCUT2D eigenvalue weighted by molar-refractivity contribution is 7.86. The predicted molar refractivity (Wildman–Crippen MR) is 122 cm³/mol. The van der Waals surface area contributed by atoms with Gasteiger partial charge in [-0.2, -0.15) is 0 Å². The number of ether oxygens (including phenoxy) is 1. The van der Waals surface area contributed by atoms with Crippen LogP contribution in [0.2, 0.25) is 0 Å². The SMILES string of the molecule is CC[NH+](C(C)C)C(C)C.O=C(Nc1ccc(OC(F)(F)F)cc1)Nc1ccccc1S(=O)(=O)[O-]. The molecule has 0 saturated carbocycles. The topological polar surface area (TPSA) is 112 Å². The molecule has 0 unspecified atom stereocenters. The number of benzene rings is 2. The molecule has 0 heterocycles. The van der Waals surface area contributed by atoms with Gasteiger partial charge in [0.25, 0.3) is 0 Å². The monoisotopic (exact) mass is 505 g/mol. The molecule has 0 aromatic heterocycles. The molecule has 2 aromatic rings. The van der Waals surface area contributed by atoms with Crippen LogP contribution in [0.5, 0.6) is 5.75 Å². The van der Waals surface area contributed by atoms with Crippen molar-refractivity contribution >= 4 is 27.5 Å². The maximum Gasteiger partial charge on any atom is 0.573 e. The van der Waals surface area contributed by atoms with Gasteiger partial charge in [0.15, 0.2) is 0 Å². The van der Waals surface area contributed by atoms with E-state index in [-0.39, 0.29) is 11.4 Å². The Morgan fingerprint density at radius 2 is 1.53 bits per heavy atom. The molecule has 0 fully saturated rings. The first-order chi connectivity index (χ1) is 15.6. The highest BCUT2D eigenvalue weighted by Gasteiger charge is 2.31. The van der Waals surface area contributed by atoms with E-state index in [0.29, 0.717) is 0 Å². The average Bonchev–Trinajstić information content (AvgIpc) is 2.68. The number of para-hydroxylation sites is 1. The number of rotatable bonds is 7. The third kappa shape index (κ3) is 10.4. The zero-order chi connectivity index (χ0) is 26.1. The van der Waals surface area contributed by atoms with Gasteiger partial charge in [-0.25, -0.2) is 13.2 Å². The molecule has 0 bridgehead atoms. The Morgan fingerprint density at radius 1 is 1.00 bits per heavy atom. The smallest absolute Gasteiger partial charge is 0.573 e. The number of anilines is 2. The molecule has 34 heavy (non-hydrogen) atoms. The Bertz CT molecular complexity index is 1020. The summed E-state index contributed by atoms with van der Waals surface area (Å²) in [6.07, 6.45) is -4.83. The van der Waals surface area contributed by atoms with Gasteiger partial charge in [-0.15, -0.1) is 13.2 Å². The van der Waals surface area contributed by atoms with E-state index in [4.69, 9.17) is 0 Å². The molecule has 2 aromatic carbocycles. The van der Waals surface area contributed by atoms with Gasteiger partial charge < -0.3 is 24.8 Å². The van der Waals surface area contributed by atoms with Crippen LogP contribution in [0.15, 0.2) is 53.4 Å². The van der Waals surface area contributed by atoms with Crippen molar-refractivity contribution in [2.45, 2.75) is 58.0 Å². The fraction of sp³-hybridized carbons (Fsp3) is 0.409. The number of carbonyl (C=O) groups is 1. The summed E-state index contributed by atoms with van der Waals surface area (Å²) in [6, 6.07) is 9.89. The van der Waals surface area contributed by atoms with Gasteiger partial charge in [-0.1, -0.05) is 12.1 Å². The van der Waals surface area contributed by atoms with Crippen LogP contribution in [-0.2, 0) is 10.1 Å². The second-order valence-electron chi connectivity index (χ2n) is 7.84. The third-order valence-corrected chi connectivity index (χ3v) is 5.54. The summed E-state index contributed by atoms with van der Waals surface area (Å²) in [4.78, 5) is 12.9. The second-order valence-corrected chi connectivity index (χ2v) is 9.19. The fourth-order valence-corrected chi connectivity index (χ4v) is 3.93. The molecule has 0 radical (unpaired) electrons. The van der Waals surface area contributed by atoms with Crippen LogP contribution in [0, 0.1) is 0 Å². The van der Waals surface area contributed by atoms with Crippen LogP contribution in [0.4, 0.5) is 29.3 Å².